The smallest absolute Gasteiger partial charge is 0.327 e. The maximum Gasteiger partial charge on any atom is 0.327 e. The fourth-order valence-electron chi connectivity index (χ4n) is 2.09. The van der Waals surface area contributed by atoms with E-state index in [1.54, 1.807) is 0 Å². The van der Waals surface area contributed by atoms with Crippen LogP contribution in [0.5, 0.6) is 0 Å². The molecule has 94 valence electrons. The summed E-state index contributed by atoms with van der Waals surface area (Å²) >= 11 is 5.87. The van der Waals surface area contributed by atoms with Gasteiger partial charge in [-0.05, 0) is 18.8 Å². The molecule has 7 heteroatoms. The predicted octanol–water partition coefficient (Wildman–Crippen LogP) is -0.0747. The molecule has 1 aromatic rings. The van der Waals surface area contributed by atoms with Crippen LogP contribution in [-0.2, 0) is 0 Å². The second-order valence-corrected chi connectivity index (χ2v) is 4.59. The molecule has 0 bridgehead atoms. The lowest BCUT2D eigenvalue weighted by Crippen LogP contribution is -2.39. The highest BCUT2D eigenvalue weighted by Gasteiger charge is 2.22. The van der Waals surface area contributed by atoms with E-state index in [0.29, 0.717) is 12.4 Å². The number of aromatic nitrogens is 2. The summed E-state index contributed by atoms with van der Waals surface area (Å²) < 4.78 is 0. The first-order valence-electron chi connectivity index (χ1n) is 5.49. The van der Waals surface area contributed by atoms with E-state index >= 15 is 0 Å². The summed E-state index contributed by atoms with van der Waals surface area (Å²) in [7, 11) is 0. The molecule has 0 amide bonds. The van der Waals surface area contributed by atoms with Gasteiger partial charge in [0.25, 0.3) is 5.56 Å². The Kier molecular flexibility index (Phi) is 3.54. The van der Waals surface area contributed by atoms with Gasteiger partial charge in [0.05, 0.1) is 0 Å². The topological polar surface area (TPSA) is 89.2 Å². The molecule has 6 nitrogen and oxygen atoms in total. The van der Waals surface area contributed by atoms with Gasteiger partial charge in [0.15, 0.2) is 0 Å². The molecule has 3 N–H and O–H groups in total. The van der Waals surface area contributed by atoms with Crippen molar-refractivity contribution >= 4 is 17.4 Å². The number of nitrogens with one attached hydrogen (secondary N) is 2. The van der Waals surface area contributed by atoms with Crippen molar-refractivity contribution in [2.45, 2.75) is 12.8 Å². The van der Waals surface area contributed by atoms with Crippen LogP contribution in [0, 0.1) is 5.92 Å². The Balaban J connectivity index is 2.33. The molecule has 0 radical (unpaired) electrons. The first-order chi connectivity index (χ1) is 8.11. The first kappa shape index (κ1) is 12.2. The minimum absolute atomic E-state index is 0.0109. The fraction of sp³-hybridized carbons (Fsp3) is 0.600. The summed E-state index contributed by atoms with van der Waals surface area (Å²) in [4.78, 5) is 29.0. The van der Waals surface area contributed by atoms with Crippen LogP contribution in [0.2, 0.25) is 5.02 Å². The first-order valence-corrected chi connectivity index (χ1v) is 5.87. The number of halogens is 1. The monoisotopic (exact) mass is 259 g/mol. The van der Waals surface area contributed by atoms with Crippen molar-refractivity contribution in [2.24, 2.45) is 5.92 Å². The zero-order chi connectivity index (χ0) is 12.4. The van der Waals surface area contributed by atoms with Gasteiger partial charge in [-0.15, -0.1) is 0 Å². The number of rotatable bonds is 2. The standard InChI is InChI=1S/C10H14ClN3O3/c11-7-8(12-10(17)13-9(7)16)14-3-1-2-6(4-14)5-15/h6,15H,1-5H2,(H2,12,13,16,17). The Bertz CT molecular complexity index is 510. The van der Waals surface area contributed by atoms with Crippen molar-refractivity contribution < 1.29 is 5.11 Å². The van der Waals surface area contributed by atoms with Crippen LogP contribution in [0.1, 0.15) is 12.8 Å². The number of hydrogen-bond donors (Lipinski definition) is 3. The molecular weight excluding hydrogens is 246 g/mol. The molecule has 1 aliphatic heterocycles. The maximum atomic E-state index is 11.4. The van der Waals surface area contributed by atoms with E-state index in [1.165, 1.54) is 0 Å². The van der Waals surface area contributed by atoms with Crippen molar-refractivity contribution in [1.29, 1.82) is 0 Å². The molecule has 0 aliphatic carbocycles. The van der Waals surface area contributed by atoms with Gasteiger partial charge < -0.3 is 10.0 Å². The van der Waals surface area contributed by atoms with Crippen LogP contribution < -0.4 is 16.1 Å². The van der Waals surface area contributed by atoms with Crippen molar-refractivity contribution in [3.05, 3.63) is 25.9 Å². The van der Waals surface area contributed by atoms with Gasteiger partial charge in [-0.3, -0.25) is 14.8 Å². The third-order valence-corrected chi connectivity index (χ3v) is 3.31. The van der Waals surface area contributed by atoms with Crippen molar-refractivity contribution in [1.82, 2.24) is 9.97 Å². The van der Waals surface area contributed by atoms with Crippen LogP contribution in [0.25, 0.3) is 0 Å². The lowest BCUT2D eigenvalue weighted by Gasteiger charge is -2.33. The van der Waals surface area contributed by atoms with E-state index < -0.39 is 11.2 Å². The van der Waals surface area contributed by atoms with E-state index in [-0.39, 0.29) is 17.5 Å². The van der Waals surface area contributed by atoms with Crippen LogP contribution in [0.15, 0.2) is 9.59 Å². The fourth-order valence-corrected chi connectivity index (χ4v) is 2.31. The largest absolute Gasteiger partial charge is 0.396 e. The van der Waals surface area contributed by atoms with E-state index in [9.17, 15) is 9.59 Å². The minimum atomic E-state index is -0.587. The zero-order valence-corrected chi connectivity index (χ0v) is 9.96. The highest BCUT2D eigenvalue weighted by atomic mass is 35.5. The van der Waals surface area contributed by atoms with Crippen molar-refractivity contribution in [3.8, 4) is 0 Å². The number of aliphatic hydroxyl groups excluding tert-OH is 1. The lowest BCUT2D eigenvalue weighted by atomic mass is 9.99. The van der Waals surface area contributed by atoms with E-state index in [4.69, 9.17) is 16.7 Å². The molecule has 1 saturated heterocycles. The van der Waals surface area contributed by atoms with Gasteiger partial charge in [-0.2, -0.15) is 0 Å². The minimum Gasteiger partial charge on any atom is -0.396 e. The number of nitrogens with zero attached hydrogens (tertiary/aromatic N) is 1. The Labute approximate surface area is 102 Å². The highest BCUT2D eigenvalue weighted by Crippen LogP contribution is 2.24. The molecule has 1 fully saturated rings. The van der Waals surface area contributed by atoms with Gasteiger partial charge in [0.2, 0.25) is 0 Å². The van der Waals surface area contributed by atoms with Gasteiger partial charge in [0, 0.05) is 19.7 Å². The number of anilines is 1. The Morgan fingerprint density at radius 3 is 2.88 bits per heavy atom. The van der Waals surface area contributed by atoms with Crippen molar-refractivity contribution in [3.63, 3.8) is 0 Å². The maximum absolute atomic E-state index is 11.4. The summed E-state index contributed by atoms with van der Waals surface area (Å²) in [5, 5.41) is 9.12. The quantitative estimate of drug-likeness (QED) is 0.693. The molecule has 0 aromatic carbocycles. The Morgan fingerprint density at radius 2 is 2.18 bits per heavy atom. The molecule has 1 unspecified atom stereocenters. The molecule has 2 heterocycles. The zero-order valence-electron chi connectivity index (χ0n) is 9.20. The van der Waals surface area contributed by atoms with Gasteiger partial charge in [-0.25, -0.2) is 4.79 Å². The van der Waals surface area contributed by atoms with Crippen LogP contribution >= 0.6 is 11.6 Å². The Hall–Kier alpha value is -1.27. The van der Waals surface area contributed by atoms with Crippen molar-refractivity contribution in [2.75, 3.05) is 24.6 Å². The number of aromatic amines is 2. The average molecular weight is 260 g/mol. The van der Waals surface area contributed by atoms with E-state index in [0.717, 1.165) is 19.4 Å². The summed E-state index contributed by atoms with van der Waals surface area (Å²) in [6, 6.07) is 0. The Morgan fingerprint density at radius 1 is 1.41 bits per heavy atom. The molecule has 0 saturated carbocycles. The van der Waals surface area contributed by atoms with Crippen LogP contribution in [0.4, 0.5) is 5.82 Å². The summed E-state index contributed by atoms with van der Waals surface area (Å²) in [5.74, 6) is 0.501. The van der Waals surface area contributed by atoms with E-state index in [1.807, 2.05) is 4.90 Å². The summed E-state index contributed by atoms with van der Waals surface area (Å²) in [6.07, 6.45) is 1.84. The highest BCUT2D eigenvalue weighted by molar-refractivity contribution is 6.32. The molecule has 17 heavy (non-hydrogen) atoms. The van der Waals surface area contributed by atoms with Crippen LogP contribution in [0.3, 0.4) is 0 Å². The molecular formula is C10H14ClN3O3. The molecule has 0 spiro atoms. The number of hydrogen-bond acceptors (Lipinski definition) is 4. The number of piperidine rings is 1. The second-order valence-electron chi connectivity index (χ2n) is 4.21. The van der Waals surface area contributed by atoms with E-state index in [2.05, 4.69) is 9.97 Å². The third kappa shape index (κ3) is 2.53. The van der Waals surface area contributed by atoms with Crippen LogP contribution in [-0.4, -0.2) is 34.8 Å². The molecule has 1 atom stereocenters. The third-order valence-electron chi connectivity index (χ3n) is 2.96. The molecule has 2 rings (SSSR count). The lowest BCUT2D eigenvalue weighted by molar-refractivity contribution is 0.208. The average Bonchev–Trinajstić information content (AvgIpc) is 2.34. The molecule has 1 aromatic heterocycles. The number of aliphatic hydroxyl groups is 1. The predicted molar refractivity (Wildman–Crippen MR) is 64.7 cm³/mol. The normalized spacial score (nSPS) is 20.6. The summed E-state index contributed by atoms with van der Waals surface area (Å²) in [6.45, 7) is 1.41. The van der Waals surface area contributed by atoms with Gasteiger partial charge in [0.1, 0.15) is 10.8 Å². The second kappa shape index (κ2) is 4.93. The summed E-state index contributed by atoms with van der Waals surface area (Å²) in [5.41, 5.74) is -1.16. The number of H-pyrrole nitrogens is 2. The van der Waals surface area contributed by atoms with Gasteiger partial charge in [-0.1, -0.05) is 11.6 Å². The molecule has 1 aliphatic rings. The SMILES string of the molecule is O=c1[nH]c(N2CCCC(CO)C2)c(Cl)c(=O)[nH]1. The van der Waals surface area contributed by atoms with Gasteiger partial charge >= 0.3 is 5.69 Å².